The summed E-state index contributed by atoms with van der Waals surface area (Å²) in [4.78, 5) is 20.0. The predicted molar refractivity (Wildman–Crippen MR) is 101 cm³/mol. The van der Waals surface area contributed by atoms with Crippen molar-refractivity contribution in [1.82, 2.24) is 20.1 Å². The quantitative estimate of drug-likeness (QED) is 0.710. The number of hydrogen-bond acceptors (Lipinski definition) is 7. The molecular weight excluding hydrogens is 390 g/mol. The van der Waals surface area contributed by atoms with Gasteiger partial charge in [-0.05, 0) is 18.9 Å². The number of fused-ring (bicyclic) bond motifs is 1. The highest BCUT2D eigenvalue weighted by Gasteiger charge is 2.33. The Bertz CT molecular complexity index is 967. The molecule has 2 aliphatic rings. The minimum Gasteiger partial charge on any atom is -0.316 e. The first-order chi connectivity index (χ1) is 12.8. The number of thiazole rings is 1. The summed E-state index contributed by atoms with van der Waals surface area (Å²) in [7, 11) is -2.19. The maximum Gasteiger partial charge on any atom is 0.270 e. The van der Waals surface area contributed by atoms with E-state index in [0.717, 1.165) is 16.4 Å². The van der Waals surface area contributed by atoms with Gasteiger partial charge in [0.1, 0.15) is 4.88 Å². The number of carbonyl (C=O) groups excluding carboxylic acids is 1. The summed E-state index contributed by atoms with van der Waals surface area (Å²) >= 11 is 1.39. The second-order valence-electron chi connectivity index (χ2n) is 7.11. The van der Waals surface area contributed by atoms with Gasteiger partial charge in [0, 0.05) is 38.7 Å². The highest BCUT2D eigenvalue weighted by molar-refractivity contribution is 7.85. The molecule has 2 atom stereocenters. The molecule has 1 saturated heterocycles. The fourth-order valence-electron chi connectivity index (χ4n) is 3.76. The lowest BCUT2D eigenvalue weighted by molar-refractivity contribution is 0.0984. The van der Waals surface area contributed by atoms with E-state index in [1.165, 1.54) is 11.3 Å². The number of carbonyl (C=O) groups is 1. The molecule has 0 unspecified atom stereocenters. The molecule has 0 radical (unpaired) electrons. The van der Waals surface area contributed by atoms with Gasteiger partial charge in [-0.15, -0.1) is 11.3 Å². The SMILES string of the molecule is Cn1cc(N2CCc3nc([C@@H]4CNC[C@@H](CS(=O)(=O)O)C4)sc3C2=O)cn1. The van der Waals surface area contributed by atoms with Gasteiger partial charge in [0.2, 0.25) is 0 Å². The Hall–Kier alpha value is -1.82. The van der Waals surface area contributed by atoms with E-state index < -0.39 is 10.1 Å². The second-order valence-corrected chi connectivity index (χ2v) is 9.64. The molecule has 2 aliphatic heterocycles. The van der Waals surface area contributed by atoms with E-state index in [-0.39, 0.29) is 23.5 Å². The van der Waals surface area contributed by atoms with Crippen molar-refractivity contribution < 1.29 is 17.8 Å². The molecule has 146 valence electrons. The third kappa shape index (κ3) is 3.91. The van der Waals surface area contributed by atoms with Crippen LogP contribution < -0.4 is 10.2 Å². The second kappa shape index (κ2) is 6.97. The van der Waals surface area contributed by atoms with Gasteiger partial charge in [-0.3, -0.25) is 14.0 Å². The van der Waals surface area contributed by atoms with Crippen molar-refractivity contribution >= 4 is 33.0 Å². The molecule has 11 heteroatoms. The minimum atomic E-state index is -4.00. The number of aromatic nitrogens is 3. The van der Waals surface area contributed by atoms with Crippen molar-refractivity contribution in [3.8, 4) is 0 Å². The molecule has 0 spiro atoms. The summed E-state index contributed by atoms with van der Waals surface area (Å²) in [6.07, 6.45) is 4.80. The van der Waals surface area contributed by atoms with Crippen LogP contribution in [-0.4, -0.2) is 59.0 Å². The molecule has 1 amide bonds. The molecule has 4 rings (SSSR count). The highest BCUT2D eigenvalue weighted by Crippen LogP contribution is 2.35. The molecule has 0 aromatic carbocycles. The van der Waals surface area contributed by atoms with Crippen LogP contribution in [-0.2, 0) is 23.6 Å². The average Bonchev–Trinajstić information content (AvgIpc) is 3.21. The fraction of sp³-hybridized carbons (Fsp3) is 0.562. The van der Waals surface area contributed by atoms with Crippen LogP contribution in [0.25, 0.3) is 0 Å². The first-order valence-electron chi connectivity index (χ1n) is 8.76. The summed E-state index contributed by atoms with van der Waals surface area (Å²) < 4.78 is 33.1. The average molecular weight is 412 g/mol. The van der Waals surface area contributed by atoms with Crippen molar-refractivity contribution in [2.45, 2.75) is 18.8 Å². The van der Waals surface area contributed by atoms with E-state index >= 15 is 0 Å². The van der Waals surface area contributed by atoms with E-state index in [1.54, 1.807) is 15.8 Å². The van der Waals surface area contributed by atoms with Crippen molar-refractivity contribution in [3.63, 3.8) is 0 Å². The number of anilines is 1. The van der Waals surface area contributed by atoms with E-state index in [2.05, 4.69) is 15.4 Å². The summed E-state index contributed by atoms with van der Waals surface area (Å²) in [5, 5.41) is 8.21. The lowest BCUT2D eigenvalue weighted by atomic mass is 9.92. The van der Waals surface area contributed by atoms with Gasteiger partial charge in [-0.1, -0.05) is 0 Å². The Balaban J connectivity index is 1.53. The van der Waals surface area contributed by atoms with E-state index in [4.69, 9.17) is 4.55 Å². The number of aryl methyl sites for hydroxylation is 1. The zero-order chi connectivity index (χ0) is 19.2. The van der Waals surface area contributed by atoms with Crippen molar-refractivity contribution in [3.05, 3.63) is 28.0 Å². The van der Waals surface area contributed by atoms with Gasteiger partial charge >= 0.3 is 0 Å². The zero-order valence-corrected chi connectivity index (χ0v) is 16.5. The number of rotatable bonds is 4. The van der Waals surface area contributed by atoms with Gasteiger partial charge < -0.3 is 10.2 Å². The van der Waals surface area contributed by atoms with Crippen LogP contribution >= 0.6 is 11.3 Å². The maximum atomic E-state index is 12.9. The Kier molecular flexibility index (Phi) is 4.78. The third-order valence-corrected chi connectivity index (χ3v) is 7.11. The Labute approximate surface area is 161 Å². The molecule has 2 N–H and O–H groups in total. The highest BCUT2D eigenvalue weighted by atomic mass is 32.2. The normalized spacial score (nSPS) is 23.5. The predicted octanol–water partition coefficient (Wildman–Crippen LogP) is 0.660. The van der Waals surface area contributed by atoms with Crippen LogP contribution in [0.4, 0.5) is 5.69 Å². The number of hydrogen-bond donors (Lipinski definition) is 2. The molecule has 9 nitrogen and oxygen atoms in total. The lowest BCUT2D eigenvalue weighted by Gasteiger charge is -2.28. The molecule has 2 aromatic rings. The largest absolute Gasteiger partial charge is 0.316 e. The van der Waals surface area contributed by atoms with Gasteiger partial charge in [-0.2, -0.15) is 13.5 Å². The Morgan fingerprint density at radius 1 is 1.41 bits per heavy atom. The molecule has 2 aromatic heterocycles. The van der Waals surface area contributed by atoms with Gasteiger partial charge in [-0.25, -0.2) is 4.98 Å². The van der Waals surface area contributed by atoms with Crippen molar-refractivity contribution in [1.29, 1.82) is 0 Å². The third-order valence-electron chi connectivity index (χ3n) is 4.97. The number of nitrogens with one attached hydrogen (secondary N) is 1. The standard InChI is InChI=1S/C16H21N5O4S2/c1-20-8-12(7-18-20)21-3-2-13-14(16(21)22)26-15(19-13)11-4-10(5-17-6-11)9-27(23,24)25/h7-8,10-11,17H,2-6,9H2,1H3,(H,23,24,25)/t10-,11-/m0/s1. The number of amides is 1. The smallest absolute Gasteiger partial charge is 0.270 e. The summed E-state index contributed by atoms with van der Waals surface area (Å²) in [6, 6.07) is 0. The van der Waals surface area contributed by atoms with Gasteiger partial charge in [0.15, 0.2) is 0 Å². The van der Waals surface area contributed by atoms with Gasteiger partial charge in [0.25, 0.3) is 16.0 Å². The Morgan fingerprint density at radius 3 is 2.93 bits per heavy atom. The van der Waals surface area contributed by atoms with E-state index in [0.29, 0.717) is 37.4 Å². The monoisotopic (exact) mass is 411 g/mol. The van der Waals surface area contributed by atoms with Crippen LogP contribution in [0.15, 0.2) is 12.4 Å². The molecular formula is C16H21N5O4S2. The lowest BCUT2D eigenvalue weighted by Crippen LogP contribution is -2.38. The van der Waals surface area contributed by atoms with Crippen LogP contribution in [0, 0.1) is 5.92 Å². The summed E-state index contributed by atoms with van der Waals surface area (Å²) in [5.41, 5.74) is 1.59. The Morgan fingerprint density at radius 2 is 2.22 bits per heavy atom. The first kappa shape index (κ1) is 18.5. The molecule has 4 heterocycles. The van der Waals surface area contributed by atoms with Crippen LogP contribution in [0.2, 0.25) is 0 Å². The summed E-state index contributed by atoms with van der Waals surface area (Å²) in [6.45, 7) is 1.80. The molecule has 0 bridgehead atoms. The molecule has 0 saturated carbocycles. The molecule has 1 fully saturated rings. The number of nitrogens with zero attached hydrogens (tertiary/aromatic N) is 4. The van der Waals surface area contributed by atoms with Crippen molar-refractivity contribution in [2.24, 2.45) is 13.0 Å². The molecule has 0 aliphatic carbocycles. The van der Waals surface area contributed by atoms with Crippen LogP contribution in [0.5, 0.6) is 0 Å². The van der Waals surface area contributed by atoms with Gasteiger partial charge in [0.05, 0.1) is 28.3 Å². The van der Waals surface area contributed by atoms with E-state index in [9.17, 15) is 13.2 Å². The molecule has 27 heavy (non-hydrogen) atoms. The van der Waals surface area contributed by atoms with Crippen LogP contribution in [0.3, 0.4) is 0 Å². The van der Waals surface area contributed by atoms with Crippen molar-refractivity contribution in [2.75, 3.05) is 30.3 Å². The first-order valence-corrected chi connectivity index (χ1v) is 11.2. The summed E-state index contributed by atoms with van der Waals surface area (Å²) in [5.74, 6) is -0.441. The van der Waals surface area contributed by atoms with Crippen LogP contribution in [0.1, 0.15) is 32.7 Å². The minimum absolute atomic E-state index is 0.0424. The maximum absolute atomic E-state index is 12.9. The number of piperidine rings is 1. The fourth-order valence-corrected chi connectivity index (χ4v) is 5.78. The zero-order valence-electron chi connectivity index (χ0n) is 14.8. The topological polar surface area (TPSA) is 117 Å². The van der Waals surface area contributed by atoms with E-state index in [1.807, 2.05) is 13.2 Å².